The molecule has 6 amide bonds. The maximum absolute atomic E-state index is 12.7. The van der Waals surface area contributed by atoms with Crippen LogP contribution in [0.4, 0.5) is 5.69 Å². The Hall–Kier alpha value is -11.3. The fourth-order valence-corrected chi connectivity index (χ4v) is 12.9. The molecular weight excluding hydrogens is 1220 g/mol. The Labute approximate surface area is 550 Å². The number of aryl methyl sites for hydroxylation is 1. The molecule has 0 unspecified atom stereocenters. The lowest BCUT2D eigenvalue weighted by Gasteiger charge is -2.32. The first-order valence-electron chi connectivity index (χ1n) is 31.1. The predicted molar refractivity (Wildman–Crippen MR) is 362 cm³/mol. The molecule has 7 N–H and O–H groups in total. The molecule has 4 aromatic heterocycles. The molecule has 0 aliphatic carbocycles. The Balaban J connectivity index is 0.000000156. The fourth-order valence-electron chi connectivity index (χ4n) is 11.8. The van der Waals surface area contributed by atoms with Gasteiger partial charge in [0.05, 0.1) is 45.4 Å². The monoisotopic (exact) mass is 1300 g/mol. The summed E-state index contributed by atoms with van der Waals surface area (Å²) in [6.45, 7) is 16.2. The van der Waals surface area contributed by atoms with E-state index in [1.807, 2.05) is 73.8 Å². The molecule has 9 aromatic rings. The highest BCUT2D eigenvalue weighted by Gasteiger charge is 2.30. The van der Waals surface area contributed by atoms with Crippen LogP contribution in [0, 0.1) is 6.92 Å². The van der Waals surface area contributed by atoms with Crippen molar-refractivity contribution in [2.45, 2.75) is 74.9 Å². The summed E-state index contributed by atoms with van der Waals surface area (Å²) in [7, 11) is -3.74. The minimum atomic E-state index is -3.74. The third kappa shape index (κ3) is 16.1. The van der Waals surface area contributed by atoms with Crippen molar-refractivity contribution in [3.63, 3.8) is 0 Å². The zero-order valence-corrected chi connectivity index (χ0v) is 53.5. The summed E-state index contributed by atoms with van der Waals surface area (Å²) in [6.07, 6.45) is 18.5. The molecule has 3 aliphatic heterocycles. The van der Waals surface area contributed by atoms with E-state index in [2.05, 4.69) is 64.0 Å². The molecular formula is C71H75N15O8S. The van der Waals surface area contributed by atoms with E-state index in [4.69, 9.17) is 22.3 Å². The van der Waals surface area contributed by atoms with Gasteiger partial charge in [-0.1, -0.05) is 116 Å². The summed E-state index contributed by atoms with van der Waals surface area (Å²) in [5.41, 5.74) is 26.3. The van der Waals surface area contributed by atoms with Crippen LogP contribution in [0.25, 0.3) is 39.5 Å². The van der Waals surface area contributed by atoms with Gasteiger partial charge in [-0.2, -0.15) is 20.4 Å². The van der Waals surface area contributed by atoms with Gasteiger partial charge in [0.2, 0.25) is 17.7 Å². The molecule has 0 radical (unpaired) electrons. The van der Waals surface area contributed by atoms with E-state index < -0.39 is 27.7 Å². The van der Waals surface area contributed by atoms with E-state index in [0.29, 0.717) is 78.7 Å². The number of nitrogens with one attached hydrogen (secondary N) is 1. The van der Waals surface area contributed by atoms with E-state index in [1.54, 1.807) is 107 Å². The summed E-state index contributed by atoms with van der Waals surface area (Å²) in [6, 6.07) is 40.8. The van der Waals surface area contributed by atoms with Crippen LogP contribution in [-0.4, -0.2) is 137 Å². The number of benzene rings is 5. The van der Waals surface area contributed by atoms with Gasteiger partial charge in [0.15, 0.2) is 0 Å². The third-order valence-corrected chi connectivity index (χ3v) is 18.3. The van der Waals surface area contributed by atoms with Gasteiger partial charge < -0.3 is 31.9 Å². The maximum Gasteiger partial charge on any atom is 0.261 e. The van der Waals surface area contributed by atoms with Gasteiger partial charge in [0, 0.05) is 92.6 Å². The Morgan fingerprint density at radius 1 is 0.516 bits per heavy atom. The summed E-state index contributed by atoms with van der Waals surface area (Å²) in [4.78, 5) is 77.7. The number of hydrogen-bond acceptors (Lipinski definition) is 12. The Kier molecular flexibility index (Phi) is 21.0. The molecule has 488 valence electrons. The number of carbonyl (C=O) groups excluding carboxylic acids is 6. The minimum absolute atomic E-state index is 0.00172. The molecule has 24 heteroatoms. The number of amides is 6. The number of primary amides is 3. The molecule has 23 nitrogen and oxygen atoms in total. The molecule has 3 atom stereocenters. The van der Waals surface area contributed by atoms with Crippen molar-refractivity contribution in [2.24, 2.45) is 17.2 Å². The molecule has 95 heavy (non-hydrogen) atoms. The average molecular weight is 1300 g/mol. The molecule has 7 heterocycles. The van der Waals surface area contributed by atoms with E-state index in [9.17, 15) is 37.2 Å². The Morgan fingerprint density at radius 3 is 1.28 bits per heavy atom. The van der Waals surface area contributed by atoms with Crippen LogP contribution >= 0.6 is 0 Å². The predicted octanol–water partition coefficient (Wildman–Crippen LogP) is 8.88. The number of hydrogen-bond donors (Lipinski definition) is 4. The summed E-state index contributed by atoms with van der Waals surface area (Å²) < 4.78 is 34.9. The zero-order valence-electron chi connectivity index (χ0n) is 52.7. The highest BCUT2D eigenvalue weighted by Crippen LogP contribution is 2.32. The largest absolute Gasteiger partial charge is 0.365 e. The van der Waals surface area contributed by atoms with Crippen molar-refractivity contribution < 1.29 is 37.2 Å². The second kappa shape index (κ2) is 30.0. The van der Waals surface area contributed by atoms with Gasteiger partial charge in [-0.15, -0.1) is 0 Å². The Bertz CT molecular complexity index is 4370. The van der Waals surface area contributed by atoms with Gasteiger partial charge in [0.25, 0.3) is 27.7 Å². The first-order valence-corrected chi connectivity index (χ1v) is 32.6. The topological polar surface area (TPSA) is 308 Å². The minimum Gasteiger partial charge on any atom is -0.365 e. The Morgan fingerprint density at radius 2 is 0.905 bits per heavy atom. The van der Waals surface area contributed by atoms with E-state index in [0.717, 1.165) is 67.3 Å². The van der Waals surface area contributed by atoms with Crippen LogP contribution in [0.1, 0.15) is 104 Å². The highest BCUT2D eigenvalue weighted by molar-refractivity contribution is 7.92. The quantitative estimate of drug-likeness (QED) is 0.0586. The first-order chi connectivity index (χ1) is 45.8. The standard InChI is InChI=1S/C25H27N5O4S.C25H26N4O2.C21H22N6O2/c1-3-23(31)29-14-4-5-20(15-29)30-16-22(25(26)32)24(27-30)18-8-10-19(11-9-18)28-35(33,34)21-12-6-17(2)7-13-21;1-2-23(30)28-14-6-9-21(16-28)29-17-22(25(26)31)24(27-29)20-12-10-19(11-13-20)15-18-7-4-3-5-8-18;1-2-19(28)25-11-3-5-17(13-25)27-14-18(21(22)29)20(24-27)15-6-8-16(9-7-15)26-12-4-10-23-26/h3,6-13,16,20,28H,1,4-5,14-15H2,2H3,(H2,26,32);2-5,7-8,10-13,17,21H,1,6,9,14-16H2,(H2,26,31);2,4,6-10,12,14,17H,1,3,5,11,13H2,(H2,22,29)/t20-;21-;17-/m111/s1. The third-order valence-electron chi connectivity index (χ3n) is 16.9. The molecule has 5 aromatic carbocycles. The number of sulfonamides is 1. The first kappa shape index (κ1) is 66.6. The molecule has 0 spiro atoms. The van der Waals surface area contributed by atoms with E-state index in [-0.39, 0.29) is 46.3 Å². The van der Waals surface area contributed by atoms with Gasteiger partial charge in [-0.25, -0.2) is 13.1 Å². The second-order valence-corrected chi connectivity index (χ2v) is 25.1. The lowest BCUT2D eigenvalue weighted by Crippen LogP contribution is -2.40. The van der Waals surface area contributed by atoms with Crippen molar-refractivity contribution in [1.82, 2.24) is 53.8 Å². The molecule has 12 rings (SSSR count). The molecule has 3 fully saturated rings. The summed E-state index contributed by atoms with van der Waals surface area (Å²) >= 11 is 0. The zero-order chi connectivity index (χ0) is 67.3. The number of carbonyl (C=O) groups is 6. The van der Waals surface area contributed by atoms with Crippen molar-refractivity contribution in [1.29, 1.82) is 0 Å². The molecule has 3 aliphatic rings. The number of likely N-dealkylation sites (tertiary alicyclic amines) is 3. The lowest BCUT2D eigenvalue weighted by molar-refractivity contribution is -0.128. The second-order valence-electron chi connectivity index (χ2n) is 23.4. The van der Waals surface area contributed by atoms with Crippen molar-refractivity contribution in [3.8, 4) is 39.5 Å². The van der Waals surface area contributed by atoms with Crippen molar-refractivity contribution in [3.05, 3.63) is 236 Å². The van der Waals surface area contributed by atoms with Crippen LogP contribution in [0.2, 0.25) is 0 Å². The van der Waals surface area contributed by atoms with Crippen LogP contribution in [0.5, 0.6) is 0 Å². The van der Waals surface area contributed by atoms with E-state index >= 15 is 0 Å². The van der Waals surface area contributed by atoms with Crippen LogP contribution in [-0.2, 0) is 30.8 Å². The number of piperidine rings is 3. The average Bonchev–Trinajstić information content (AvgIpc) is 1.69. The van der Waals surface area contributed by atoms with Gasteiger partial charge in [0.1, 0.15) is 17.1 Å². The van der Waals surface area contributed by atoms with Crippen LogP contribution in [0.15, 0.2) is 207 Å². The summed E-state index contributed by atoms with van der Waals surface area (Å²) in [5.74, 6) is -1.97. The summed E-state index contributed by atoms with van der Waals surface area (Å²) in [5, 5.41) is 18.2. The highest BCUT2D eigenvalue weighted by atomic mass is 32.2. The van der Waals surface area contributed by atoms with Crippen molar-refractivity contribution >= 4 is 51.2 Å². The van der Waals surface area contributed by atoms with Gasteiger partial charge in [-0.05, 0) is 124 Å². The number of nitrogens with zero attached hydrogens (tertiary/aromatic N) is 11. The number of anilines is 1. The van der Waals surface area contributed by atoms with Crippen molar-refractivity contribution in [2.75, 3.05) is 44.0 Å². The number of rotatable bonds is 18. The molecule has 0 saturated carbocycles. The van der Waals surface area contributed by atoms with Gasteiger partial charge in [-0.3, -0.25) is 47.5 Å². The van der Waals surface area contributed by atoms with Crippen LogP contribution in [0.3, 0.4) is 0 Å². The van der Waals surface area contributed by atoms with Gasteiger partial charge >= 0.3 is 0 Å². The SMILES string of the molecule is C=CC(=O)N1CCC[C@@H](n2cc(C(N)=O)c(-c3ccc(-n4cccn4)cc3)n2)C1.C=CC(=O)N1CCC[C@@H](n2cc(C(N)=O)c(-c3ccc(Cc4ccccc4)cc3)n2)C1.C=CC(=O)N1CCC[C@@H](n2cc(C(N)=O)c(-c3ccc(NS(=O)(=O)c4ccc(C)cc4)cc3)n2)C1. The smallest absolute Gasteiger partial charge is 0.261 e. The molecule has 3 saturated heterocycles. The number of nitrogens with two attached hydrogens (primary N) is 3. The van der Waals surface area contributed by atoms with E-state index in [1.165, 1.54) is 29.4 Å². The molecule has 0 bridgehead atoms. The normalized spacial score (nSPS) is 16.2. The lowest BCUT2D eigenvalue weighted by atomic mass is 10.0. The fraction of sp³-hybridized carbons (Fsp3) is 0.239. The maximum atomic E-state index is 12.7. The number of aromatic nitrogens is 8. The van der Waals surface area contributed by atoms with Crippen LogP contribution < -0.4 is 21.9 Å².